The molecule has 0 spiro atoms. The van der Waals surface area contributed by atoms with Gasteiger partial charge in [-0.3, -0.25) is 14.6 Å². The minimum atomic E-state index is -5.81. The summed E-state index contributed by atoms with van der Waals surface area (Å²) in [6, 6.07) is 0. The van der Waals surface area contributed by atoms with Gasteiger partial charge in [0.1, 0.15) is 18.3 Å². The lowest BCUT2D eigenvalue weighted by atomic mass is 10.1. The second kappa shape index (κ2) is 10.6. The van der Waals surface area contributed by atoms with E-state index in [4.69, 9.17) is 31.2 Å². The van der Waals surface area contributed by atoms with Gasteiger partial charge in [0.15, 0.2) is 29.6 Å². The smallest absolute Gasteiger partial charge is 0.387 e. The average molecular weight is 589 g/mol. The van der Waals surface area contributed by atoms with Crippen molar-refractivity contribution in [2.45, 2.75) is 24.5 Å². The van der Waals surface area contributed by atoms with Crippen LogP contribution in [0.15, 0.2) is 30.4 Å². The zero-order valence-corrected chi connectivity index (χ0v) is 20.1. The van der Waals surface area contributed by atoms with Gasteiger partial charge in [-0.05, 0) is 0 Å². The van der Waals surface area contributed by atoms with Crippen molar-refractivity contribution in [3.8, 4) is 0 Å². The van der Waals surface area contributed by atoms with Gasteiger partial charge in [-0.1, -0.05) is 0 Å². The minimum absolute atomic E-state index is 0.193. The van der Waals surface area contributed by atoms with Crippen molar-refractivity contribution in [2.24, 2.45) is 36.1 Å². The van der Waals surface area contributed by atoms with Gasteiger partial charge in [-0.25, -0.2) is 23.7 Å². The molecule has 3 rings (SSSR count). The zero-order chi connectivity index (χ0) is 27.8. The first-order chi connectivity index (χ1) is 17.1. The van der Waals surface area contributed by atoms with Crippen LogP contribution in [-0.2, 0) is 31.6 Å². The van der Waals surface area contributed by atoms with Crippen LogP contribution < -0.4 is 5.73 Å². The molecule has 6 atom stereocenters. The lowest BCUT2D eigenvalue weighted by Crippen LogP contribution is -2.51. The number of aliphatic hydroxyl groups is 2. The SMILES string of the molecule is N#[N+]N=C1N=C2C(N)=NC(=NN=[N-])N=C2N1C1OC(COP(=O)(O)OP(=O)(O)OP(=O)(O)O)C(O)C1O. The molecule has 0 aliphatic carbocycles. The molecule has 3 aliphatic heterocycles. The number of fused-ring (bicyclic) bond motifs is 1. The second-order valence-corrected chi connectivity index (χ2v) is 11.1. The van der Waals surface area contributed by atoms with Crippen molar-refractivity contribution in [1.29, 1.82) is 5.39 Å². The van der Waals surface area contributed by atoms with Crippen LogP contribution >= 0.6 is 23.5 Å². The lowest BCUT2D eigenvalue weighted by molar-refractivity contribution is -0.0511. The summed E-state index contributed by atoms with van der Waals surface area (Å²) >= 11 is 0. The van der Waals surface area contributed by atoms with Gasteiger partial charge in [0.2, 0.25) is 5.10 Å². The van der Waals surface area contributed by atoms with E-state index in [0.29, 0.717) is 0 Å². The molecule has 0 saturated carbocycles. The normalized spacial score (nSPS) is 31.2. The molecule has 8 N–H and O–H groups in total. The largest absolute Gasteiger partial charge is 0.490 e. The predicted molar refractivity (Wildman–Crippen MR) is 115 cm³/mol. The molecule has 1 saturated heterocycles. The van der Waals surface area contributed by atoms with Gasteiger partial charge < -0.3 is 50.9 Å². The van der Waals surface area contributed by atoms with E-state index in [1.54, 1.807) is 0 Å². The highest BCUT2D eigenvalue weighted by Crippen LogP contribution is 2.66. The third-order valence-corrected chi connectivity index (χ3v) is 8.02. The Kier molecular flexibility index (Phi) is 8.22. The topological polar surface area (TPSA) is 363 Å². The molecule has 0 aromatic carbocycles. The molecule has 202 valence electrons. The van der Waals surface area contributed by atoms with Gasteiger partial charge in [-0.15, -0.1) is 0 Å². The molecule has 0 aromatic rings. The Hall–Kier alpha value is -2.74. The number of phosphoric acid groups is 3. The summed E-state index contributed by atoms with van der Waals surface area (Å²) in [5.41, 5.74) is 14.2. The van der Waals surface area contributed by atoms with Crippen LogP contribution in [0.5, 0.6) is 0 Å². The van der Waals surface area contributed by atoms with E-state index in [0.717, 1.165) is 4.90 Å². The van der Waals surface area contributed by atoms with Crippen LogP contribution in [0.4, 0.5) is 0 Å². The fraction of sp³-hybridized carbons (Fsp3) is 0.500. The first-order valence-corrected chi connectivity index (χ1v) is 13.5. The van der Waals surface area contributed by atoms with Crippen molar-refractivity contribution in [3.05, 3.63) is 10.6 Å². The molecule has 0 aromatic heterocycles. The van der Waals surface area contributed by atoms with Gasteiger partial charge in [0.25, 0.3) is 5.39 Å². The molecule has 6 unspecified atom stereocenters. The third kappa shape index (κ3) is 6.78. The number of ether oxygens (including phenoxy) is 1. The summed E-state index contributed by atoms with van der Waals surface area (Å²) in [7, 11) is -17.0. The summed E-state index contributed by atoms with van der Waals surface area (Å²) in [5, 5.41) is 41.2. The third-order valence-electron chi connectivity index (χ3n) is 4.21. The van der Waals surface area contributed by atoms with Gasteiger partial charge in [-0.2, -0.15) is 13.6 Å². The lowest BCUT2D eigenvalue weighted by Gasteiger charge is -2.27. The molecule has 0 amide bonds. The number of rotatable bonds is 9. The Balaban J connectivity index is 1.80. The zero-order valence-electron chi connectivity index (χ0n) is 17.4. The van der Waals surface area contributed by atoms with Crippen LogP contribution in [0, 0.1) is 5.39 Å². The van der Waals surface area contributed by atoms with E-state index in [1.807, 2.05) is 0 Å². The Morgan fingerprint density at radius 2 is 1.78 bits per heavy atom. The number of nitrogens with zero attached hydrogens (tertiary/aromatic N) is 10. The molecule has 24 nitrogen and oxygen atoms in total. The monoisotopic (exact) mass is 589 g/mol. The number of aliphatic imine (C=N–C) groups is 3. The standard InChI is InChI=1S/C10H14N11O13P3/c11-6-3-7(16-9(15-6)17-19-12)21(10(14-3)18-20-13)8-5(23)4(22)2(32-8)1-31-36(27,28)34-37(29,30)33-35(24,25)26/h2,4-5,8,22-23H,1H2,(H6-,11,12,15,17,24,25,26,27,28,29,30). The Morgan fingerprint density at radius 1 is 1.11 bits per heavy atom. The number of hydrogen-bond acceptors (Lipinski definition) is 13. The first-order valence-electron chi connectivity index (χ1n) is 9.03. The molecular weight excluding hydrogens is 575 g/mol. The molecule has 3 heterocycles. The van der Waals surface area contributed by atoms with Crippen molar-refractivity contribution in [2.75, 3.05) is 6.61 Å². The molecule has 0 radical (unpaired) electrons. The molecule has 37 heavy (non-hydrogen) atoms. The van der Waals surface area contributed by atoms with Gasteiger partial charge >= 0.3 is 34.5 Å². The highest BCUT2D eigenvalue weighted by Gasteiger charge is 2.52. The van der Waals surface area contributed by atoms with Gasteiger partial charge in [0.05, 0.1) is 6.61 Å². The number of aliphatic hydroxyl groups excluding tert-OH is 2. The summed E-state index contributed by atoms with van der Waals surface area (Å²) in [6.45, 7) is -1.12. The van der Waals surface area contributed by atoms with Crippen molar-refractivity contribution >= 4 is 52.8 Å². The fourth-order valence-electron chi connectivity index (χ4n) is 2.95. The number of hydrogen-bond donors (Lipinski definition) is 7. The molecular formula is C10H14N11O13P3. The average Bonchev–Trinajstić information content (AvgIpc) is 3.22. The second-order valence-electron chi connectivity index (χ2n) is 6.67. The van der Waals surface area contributed by atoms with Crippen LogP contribution in [0.3, 0.4) is 0 Å². The summed E-state index contributed by atoms with van der Waals surface area (Å²) in [4.78, 5) is 48.1. The molecule has 1 fully saturated rings. The summed E-state index contributed by atoms with van der Waals surface area (Å²) in [6.07, 6.45) is -7.16. The Morgan fingerprint density at radius 3 is 2.38 bits per heavy atom. The number of amidine groups is 2. The summed E-state index contributed by atoms with van der Waals surface area (Å²) < 4.78 is 51.0. The van der Waals surface area contributed by atoms with Crippen LogP contribution in [0.2, 0.25) is 0 Å². The molecule has 3 aliphatic rings. The van der Waals surface area contributed by atoms with E-state index in [9.17, 15) is 33.7 Å². The van der Waals surface area contributed by atoms with E-state index in [-0.39, 0.29) is 17.4 Å². The maximum atomic E-state index is 11.9. The van der Waals surface area contributed by atoms with Crippen LogP contribution in [0.1, 0.15) is 0 Å². The van der Waals surface area contributed by atoms with Crippen LogP contribution in [0.25, 0.3) is 10.6 Å². The quantitative estimate of drug-likeness (QED) is 0.0644. The number of nitrogens with two attached hydrogens (primary N) is 1. The number of diazo groups is 1. The van der Waals surface area contributed by atoms with Crippen molar-refractivity contribution in [3.63, 3.8) is 0 Å². The van der Waals surface area contributed by atoms with Crippen molar-refractivity contribution < 1.29 is 61.4 Å². The minimum Gasteiger partial charge on any atom is -0.387 e. The first kappa shape index (κ1) is 28.8. The maximum absolute atomic E-state index is 11.9. The van der Waals surface area contributed by atoms with E-state index in [1.165, 1.54) is 0 Å². The van der Waals surface area contributed by atoms with Crippen molar-refractivity contribution in [1.82, 2.24) is 4.90 Å². The van der Waals surface area contributed by atoms with E-state index < -0.39 is 66.5 Å². The highest BCUT2D eigenvalue weighted by molar-refractivity contribution is 7.66. The van der Waals surface area contributed by atoms with Gasteiger partial charge in [0, 0.05) is 0 Å². The predicted octanol–water partition coefficient (Wildman–Crippen LogP) is -2.28. The maximum Gasteiger partial charge on any atom is 0.490 e. The highest BCUT2D eigenvalue weighted by atomic mass is 31.3. The van der Waals surface area contributed by atoms with E-state index >= 15 is 0 Å². The Bertz CT molecular complexity index is 1320. The number of phosphoric ester groups is 1. The van der Waals surface area contributed by atoms with E-state index in [2.05, 4.69) is 48.6 Å². The fourth-order valence-corrected chi connectivity index (χ4v) is 5.98. The summed E-state index contributed by atoms with van der Waals surface area (Å²) in [5.74, 6) is -1.64. The number of guanidine groups is 2. The molecule has 27 heteroatoms. The Labute approximate surface area is 203 Å². The van der Waals surface area contributed by atoms with Crippen LogP contribution in [-0.4, -0.2) is 95.1 Å². The molecule has 0 bridgehead atoms.